The highest BCUT2D eigenvalue weighted by atomic mass is 32.2. The van der Waals surface area contributed by atoms with Crippen molar-refractivity contribution in [1.29, 1.82) is 0 Å². The van der Waals surface area contributed by atoms with E-state index in [1.165, 1.54) is 6.92 Å². The molecule has 0 fully saturated rings. The summed E-state index contributed by atoms with van der Waals surface area (Å²) in [5.41, 5.74) is 1.47. The molecule has 0 radical (unpaired) electrons. The molecule has 1 heterocycles. The molecule has 0 unspecified atom stereocenters. The van der Waals surface area contributed by atoms with Crippen LogP contribution in [0, 0.1) is 0 Å². The number of hydrogen-bond acceptors (Lipinski definition) is 6. The number of para-hydroxylation sites is 2. The van der Waals surface area contributed by atoms with Crippen LogP contribution in [0.4, 0.5) is 0 Å². The molecule has 0 atom stereocenters. The number of carbonyl (C=O) groups is 1. The lowest BCUT2D eigenvalue weighted by Crippen LogP contribution is -2.06. The molecule has 0 saturated carbocycles. The number of hydrogen-bond donors (Lipinski definition) is 0. The number of ketones is 1. The van der Waals surface area contributed by atoms with Crippen molar-refractivity contribution < 1.29 is 14.3 Å². The molecule has 3 rings (SSSR count). The highest BCUT2D eigenvalue weighted by Gasteiger charge is 2.16. The van der Waals surface area contributed by atoms with Gasteiger partial charge in [0.05, 0.1) is 24.8 Å². The average molecular weight is 410 g/mol. The minimum absolute atomic E-state index is 0.0135. The SMILES string of the molecule is C=CCn1c(SCCOc2ccccc2C(C)=O)nnc1-c1ccccc1OC. The van der Waals surface area contributed by atoms with Crippen molar-refractivity contribution in [3.05, 3.63) is 66.7 Å². The lowest BCUT2D eigenvalue weighted by Gasteiger charge is -2.11. The highest BCUT2D eigenvalue weighted by Crippen LogP contribution is 2.31. The quantitative estimate of drug-likeness (QED) is 0.212. The number of aromatic nitrogens is 3. The van der Waals surface area contributed by atoms with Crippen molar-refractivity contribution in [2.24, 2.45) is 0 Å². The van der Waals surface area contributed by atoms with Crippen LogP contribution in [0.5, 0.6) is 11.5 Å². The molecule has 3 aromatic rings. The fourth-order valence-electron chi connectivity index (χ4n) is 2.89. The second-order valence-corrected chi connectivity index (χ2v) is 7.22. The number of methoxy groups -OCH3 is 1. The fourth-order valence-corrected chi connectivity index (χ4v) is 3.65. The fraction of sp³-hybridized carbons (Fsp3) is 0.227. The number of carbonyl (C=O) groups excluding carboxylic acids is 1. The Balaban J connectivity index is 1.71. The Morgan fingerprint density at radius 1 is 1.14 bits per heavy atom. The predicted molar refractivity (Wildman–Crippen MR) is 115 cm³/mol. The maximum atomic E-state index is 11.7. The Morgan fingerprint density at radius 2 is 1.86 bits per heavy atom. The van der Waals surface area contributed by atoms with Gasteiger partial charge in [0.25, 0.3) is 0 Å². The molecule has 2 aromatic carbocycles. The van der Waals surface area contributed by atoms with Gasteiger partial charge < -0.3 is 9.47 Å². The van der Waals surface area contributed by atoms with E-state index < -0.39 is 0 Å². The third-order valence-corrected chi connectivity index (χ3v) is 5.15. The summed E-state index contributed by atoms with van der Waals surface area (Å²) in [6.45, 7) is 6.40. The third-order valence-electron chi connectivity index (χ3n) is 4.21. The van der Waals surface area contributed by atoms with Crippen molar-refractivity contribution in [2.75, 3.05) is 19.5 Å². The Morgan fingerprint density at radius 3 is 2.59 bits per heavy atom. The number of Topliss-reactive ketones (excluding diaryl/α,β-unsaturated/α-hetero) is 1. The summed E-state index contributed by atoms with van der Waals surface area (Å²) in [6.07, 6.45) is 1.81. The van der Waals surface area contributed by atoms with Crippen LogP contribution in [0.15, 0.2) is 66.3 Å². The van der Waals surface area contributed by atoms with Crippen LogP contribution in [0.25, 0.3) is 11.4 Å². The van der Waals surface area contributed by atoms with Gasteiger partial charge >= 0.3 is 0 Å². The van der Waals surface area contributed by atoms with Gasteiger partial charge in [-0.05, 0) is 31.2 Å². The number of benzene rings is 2. The van der Waals surface area contributed by atoms with Crippen molar-refractivity contribution in [1.82, 2.24) is 14.8 Å². The molecular weight excluding hydrogens is 386 g/mol. The molecule has 0 N–H and O–H groups in total. The van der Waals surface area contributed by atoms with Crippen LogP contribution < -0.4 is 9.47 Å². The molecule has 0 amide bonds. The zero-order valence-electron chi connectivity index (χ0n) is 16.5. The summed E-state index contributed by atoms with van der Waals surface area (Å²) in [5, 5.41) is 9.48. The number of ether oxygens (including phenoxy) is 2. The Labute approximate surface area is 174 Å². The van der Waals surface area contributed by atoms with Gasteiger partial charge in [-0.15, -0.1) is 16.8 Å². The van der Waals surface area contributed by atoms with Crippen LogP contribution >= 0.6 is 11.8 Å². The van der Waals surface area contributed by atoms with Crippen LogP contribution in [0.2, 0.25) is 0 Å². The normalized spacial score (nSPS) is 10.6. The van der Waals surface area contributed by atoms with Crippen LogP contribution in [-0.4, -0.2) is 40.0 Å². The van der Waals surface area contributed by atoms with Gasteiger partial charge in [-0.2, -0.15) is 0 Å². The summed E-state index contributed by atoms with van der Waals surface area (Å²) in [6, 6.07) is 15.0. The first-order valence-corrected chi connectivity index (χ1v) is 10.2. The molecule has 0 saturated heterocycles. The molecule has 0 bridgehead atoms. The maximum absolute atomic E-state index is 11.7. The van der Waals surface area contributed by atoms with Gasteiger partial charge in [0.15, 0.2) is 16.8 Å². The molecular formula is C22H23N3O3S. The molecule has 1 aromatic heterocycles. The number of rotatable bonds is 10. The summed E-state index contributed by atoms with van der Waals surface area (Å²) in [5.74, 6) is 2.72. The minimum atomic E-state index is -0.0135. The van der Waals surface area contributed by atoms with Crippen molar-refractivity contribution in [3.63, 3.8) is 0 Å². The van der Waals surface area contributed by atoms with Gasteiger partial charge in [0.1, 0.15) is 11.5 Å². The van der Waals surface area contributed by atoms with Gasteiger partial charge in [-0.3, -0.25) is 9.36 Å². The molecule has 150 valence electrons. The van der Waals surface area contributed by atoms with E-state index in [2.05, 4.69) is 16.8 Å². The van der Waals surface area contributed by atoms with E-state index in [1.54, 1.807) is 31.0 Å². The summed E-state index contributed by atoms with van der Waals surface area (Å²) in [4.78, 5) is 11.7. The second-order valence-electron chi connectivity index (χ2n) is 6.16. The lowest BCUT2D eigenvalue weighted by molar-refractivity contribution is 0.101. The lowest BCUT2D eigenvalue weighted by atomic mass is 10.1. The molecule has 29 heavy (non-hydrogen) atoms. The van der Waals surface area contributed by atoms with Gasteiger partial charge in [0.2, 0.25) is 0 Å². The standard InChI is InChI=1S/C22H23N3O3S/c1-4-13-25-21(18-10-6-7-11-19(18)27-3)23-24-22(25)29-15-14-28-20-12-8-5-9-17(20)16(2)26/h4-12H,1,13-15H2,2-3H3. The molecule has 0 spiro atoms. The van der Waals surface area contributed by atoms with Crippen LogP contribution in [-0.2, 0) is 6.54 Å². The topological polar surface area (TPSA) is 66.2 Å². The van der Waals surface area contributed by atoms with Crippen molar-refractivity contribution >= 4 is 17.5 Å². The molecule has 0 aliphatic heterocycles. The van der Waals surface area contributed by atoms with E-state index >= 15 is 0 Å². The summed E-state index contributed by atoms with van der Waals surface area (Å²) >= 11 is 1.54. The Hall–Kier alpha value is -3.06. The first kappa shape index (κ1) is 20.7. The number of allylic oxidation sites excluding steroid dienone is 1. The average Bonchev–Trinajstić information content (AvgIpc) is 3.14. The van der Waals surface area contributed by atoms with Crippen LogP contribution in [0.3, 0.4) is 0 Å². The second kappa shape index (κ2) is 9.93. The van der Waals surface area contributed by atoms with Crippen LogP contribution in [0.1, 0.15) is 17.3 Å². The zero-order chi connectivity index (χ0) is 20.6. The number of nitrogens with zero attached hydrogens (tertiary/aromatic N) is 3. The first-order chi connectivity index (χ1) is 14.2. The summed E-state index contributed by atoms with van der Waals surface area (Å²) < 4.78 is 13.3. The van der Waals surface area contributed by atoms with E-state index in [-0.39, 0.29) is 5.78 Å². The third kappa shape index (κ3) is 4.86. The van der Waals surface area contributed by atoms with Gasteiger partial charge in [-0.1, -0.05) is 42.1 Å². The number of thioether (sulfide) groups is 1. The molecule has 6 nitrogen and oxygen atoms in total. The molecule has 7 heteroatoms. The monoisotopic (exact) mass is 409 g/mol. The van der Waals surface area contributed by atoms with E-state index in [4.69, 9.17) is 9.47 Å². The van der Waals surface area contributed by atoms with Gasteiger partial charge in [0, 0.05) is 12.3 Å². The van der Waals surface area contributed by atoms with Gasteiger partial charge in [-0.25, -0.2) is 0 Å². The summed E-state index contributed by atoms with van der Waals surface area (Å²) in [7, 11) is 1.64. The smallest absolute Gasteiger partial charge is 0.191 e. The van der Waals surface area contributed by atoms with E-state index in [1.807, 2.05) is 47.0 Å². The Kier molecular flexibility index (Phi) is 7.08. The van der Waals surface area contributed by atoms with Crippen molar-refractivity contribution in [3.8, 4) is 22.9 Å². The Bertz CT molecular complexity index is 1000. The molecule has 0 aliphatic rings. The largest absolute Gasteiger partial charge is 0.496 e. The van der Waals surface area contributed by atoms with E-state index in [0.29, 0.717) is 30.2 Å². The van der Waals surface area contributed by atoms with E-state index in [0.717, 1.165) is 22.3 Å². The molecule has 0 aliphatic carbocycles. The minimum Gasteiger partial charge on any atom is -0.496 e. The van der Waals surface area contributed by atoms with Crippen molar-refractivity contribution in [2.45, 2.75) is 18.6 Å². The highest BCUT2D eigenvalue weighted by molar-refractivity contribution is 7.99. The predicted octanol–water partition coefficient (Wildman–Crippen LogP) is 4.51. The first-order valence-electron chi connectivity index (χ1n) is 9.18. The maximum Gasteiger partial charge on any atom is 0.191 e. The van der Waals surface area contributed by atoms with E-state index in [9.17, 15) is 4.79 Å². The zero-order valence-corrected chi connectivity index (χ0v) is 17.3.